The number of benzene rings is 2. The standard InChI is InChI=1S/C19H21NO2/c1-19(13-21)12-17(20-18(19)22)11-14-7-9-16(10-8-14)15-5-3-2-4-6-15/h2-10,17,21H,11-13H2,1H3,(H,20,22). The molecule has 2 unspecified atom stereocenters. The third-order valence-corrected chi connectivity index (χ3v) is 4.47. The number of hydrogen-bond donors (Lipinski definition) is 2. The number of carbonyl (C=O) groups is 1. The van der Waals surface area contributed by atoms with Gasteiger partial charge in [-0.15, -0.1) is 0 Å². The van der Waals surface area contributed by atoms with Crippen LogP contribution < -0.4 is 5.32 Å². The summed E-state index contributed by atoms with van der Waals surface area (Å²) in [5.74, 6) is -0.0408. The predicted molar refractivity (Wildman–Crippen MR) is 87.3 cm³/mol. The van der Waals surface area contributed by atoms with E-state index < -0.39 is 5.41 Å². The van der Waals surface area contributed by atoms with Crippen LogP contribution in [-0.2, 0) is 11.2 Å². The van der Waals surface area contributed by atoms with Gasteiger partial charge in [0.1, 0.15) is 0 Å². The molecule has 3 nitrogen and oxygen atoms in total. The normalized spacial score (nSPS) is 24.3. The Balaban J connectivity index is 1.69. The summed E-state index contributed by atoms with van der Waals surface area (Å²) in [4.78, 5) is 11.9. The minimum absolute atomic E-state index is 0.0408. The maximum Gasteiger partial charge on any atom is 0.228 e. The van der Waals surface area contributed by atoms with Gasteiger partial charge in [0.05, 0.1) is 12.0 Å². The molecule has 0 aliphatic carbocycles. The van der Waals surface area contributed by atoms with Crippen molar-refractivity contribution in [1.82, 2.24) is 5.32 Å². The minimum Gasteiger partial charge on any atom is -0.395 e. The Hall–Kier alpha value is -2.13. The zero-order valence-corrected chi connectivity index (χ0v) is 12.8. The van der Waals surface area contributed by atoms with Gasteiger partial charge in [-0.2, -0.15) is 0 Å². The van der Waals surface area contributed by atoms with Crippen molar-refractivity contribution in [2.45, 2.75) is 25.8 Å². The smallest absolute Gasteiger partial charge is 0.228 e. The molecule has 0 aromatic heterocycles. The van der Waals surface area contributed by atoms with Crippen molar-refractivity contribution in [1.29, 1.82) is 0 Å². The first-order chi connectivity index (χ1) is 10.6. The molecular weight excluding hydrogens is 274 g/mol. The molecule has 1 saturated heterocycles. The molecule has 0 bridgehead atoms. The third kappa shape index (κ3) is 2.90. The summed E-state index contributed by atoms with van der Waals surface area (Å²) in [6, 6.07) is 18.8. The average Bonchev–Trinajstić information content (AvgIpc) is 2.84. The van der Waals surface area contributed by atoms with Crippen LogP contribution in [0, 0.1) is 5.41 Å². The molecule has 0 spiro atoms. The lowest BCUT2D eigenvalue weighted by molar-refractivity contribution is -0.128. The molecule has 2 atom stereocenters. The van der Waals surface area contributed by atoms with Crippen molar-refractivity contribution in [2.24, 2.45) is 5.41 Å². The van der Waals surface area contributed by atoms with E-state index in [0.717, 1.165) is 6.42 Å². The summed E-state index contributed by atoms with van der Waals surface area (Å²) in [5.41, 5.74) is 2.97. The number of carbonyl (C=O) groups excluding carboxylic acids is 1. The Labute approximate surface area is 131 Å². The Morgan fingerprint density at radius 1 is 1.09 bits per heavy atom. The maximum absolute atomic E-state index is 11.9. The highest BCUT2D eigenvalue weighted by atomic mass is 16.3. The molecule has 2 aromatic rings. The molecule has 0 saturated carbocycles. The lowest BCUT2D eigenvalue weighted by Gasteiger charge is -2.16. The first-order valence-electron chi connectivity index (χ1n) is 7.67. The summed E-state index contributed by atoms with van der Waals surface area (Å²) >= 11 is 0. The highest BCUT2D eigenvalue weighted by Gasteiger charge is 2.42. The fourth-order valence-corrected chi connectivity index (χ4v) is 3.06. The molecule has 3 heteroatoms. The fourth-order valence-electron chi connectivity index (χ4n) is 3.06. The van der Waals surface area contributed by atoms with Crippen LogP contribution in [0.15, 0.2) is 54.6 Å². The molecule has 114 valence electrons. The van der Waals surface area contributed by atoms with E-state index in [2.05, 4.69) is 41.7 Å². The van der Waals surface area contributed by atoms with E-state index in [1.165, 1.54) is 16.7 Å². The average molecular weight is 295 g/mol. The number of aliphatic hydroxyl groups excluding tert-OH is 1. The van der Waals surface area contributed by atoms with Gasteiger partial charge in [-0.05, 0) is 36.5 Å². The first kappa shape index (κ1) is 14.8. The fraction of sp³-hybridized carbons (Fsp3) is 0.316. The molecule has 1 fully saturated rings. The zero-order valence-electron chi connectivity index (χ0n) is 12.8. The molecule has 1 aliphatic rings. The van der Waals surface area contributed by atoms with Crippen LogP contribution in [0.3, 0.4) is 0 Å². The molecule has 1 aliphatic heterocycles. The topological polar surface area (TPSA) is 49.3 Å². The third-order valence-electron chi connectivity index (χ3n) is 4.47. The minimum atomic E-state index is -0.630. The molecular formula is C19H21NO2. The molecule has 1 heterocycles. The second kappa shape index (κ2) is 5.93. The van der Waals surface area contributed by atoms with Gasteiger partial charge in [0.2, 0.25) is 5.91 Å². The van der Waals surface area contributed by atoms with E-state index in [-0.39, 0.29) is 18.6 Å². The van der Waals surface area contributed by atoms with Crippen LogP contribution in [-0.4, -0.2) is 23.7 Å². The van der Waals surface area contributed by atoms with Crippen LogP contribution in [0.2, 0.25) is 0 Å². The van der Waals surface area contributed by atoms with Crippen LogP contribution in [0.4, 0.5) is 0 Å². The summed E-state index contributed by atoms with van der Waals surface area (Å²) in [6.45, 7) is 1.73. The van der Waals surface area contributed by atoms with Crippen molar-refractivity contribution in [3.63, 3.8) is 0 Å². The highest BCUT2D eigenvalue weighted by molar-refractivity contribution is 5.85. The van der Waals surface area contributed by atoms with Crippen LogP contribution in [0.5, 0.6) is 0 Å². The molecule has 0 radical (unpaired) electrons. The van der Waals surface area contributed by atoms with Gasteiger partial charge in [-0.3, -0.25) is 4.79 Å². The first-order valence-corrected chi connectivity index (χ1v) is 7.67. The lowest BCUT2D eigenvalue weighted by atomic mass is 9.87. The van der Waals surface area contributed by atoms with E-state index in [1.54, 1.807) is 0 Å². The van der Waals surface area contributed by atoms with E-state index >= 15 is 0 Å². The number of aliphatic hydroxyl groups is 1. The highest BCUT2D eigenvalue weighted by Crippen LogP contribution is 2.30. The quantitative estimate of drug-likeness (QED) is 0.911. The van der Waals surface area contributed by atoms with Crippen LogP contribution in [0.25, 0.3) is 11.1 Å². The number of amides is 1. The lowest BCUT2D eigenvalue weighted by Crippen LogP contribution is -2.32. The molecule has 3 rings (SSSR count). The van der Waals surface area contributed by atoms with E-state index in [4.69, 9.17) is 0 Å². The predicted octanol–water partition coefficient (Wildman–Crippen LogP) is 2.78. The van der Waals surface area contributed by atoms with Gasteiger partial charge in [0.25, 0.3) is 0 Å². The molecule has 2 aromatic carbocycles. The summed E-state index contributed by atoms with van der Waals surface area (Å²) in [5, 5.41) is 12.4. The maximum atomic E-state index is 11.9. The van der Waals surface area contributed by atoms with Gasteiger partial charge in [-0.25, -0.2) is 0 Å². The van der Waals surface area contributed by atoms with Crippen molar-refractivity contribution >= 4 is 5.91 Å². The van der Waals surface area contributed by atoms with Crippen molar-refractivity contribution < 1.29 is 9.90 Å². The zero-order chi connectivity index (χ0) is 15.6. The van der Waals surface area contributed by atoms with E-state index in [1.807, 2.05) is 25.1 Å². The van der Waals surface area contributed by atoms with E-state index in [9.17, 15) is 9.90 Å². The van der Waals surface area contributed by atoms with Crippen LogP contribution in [0.1, 0.15) is 18.9 Å². The van der Waals surface area contributed by atoms with Gasteiger partial charge >= 0.3 is 0 Å². The van der Waals surface area contributed by atoms with Gasteiger partial charge in [0.15, 0.2) is 0 Å². The summed E-state index contributed by atoms with van der Waals surface area (Å²) in [6.07, 6.45) is 1.49. The largest absolute Gasteiger partial charge is 0.395 e. The Morgan fingerprint density at radius 3 is 2.32 bits per heavy atom. The van der Waals surface area contributed by atoms with Gasteiger partial charge < -0.3 is 10.4 Å². The SMILES string of the molecule is CC1(CO)CC(Cc2ccc(-c3ccccc3)cc2)NC1=O. The van der Waals surface area contributed by atoms with E-state index in [0.29, 0.717) is 6.42 Å². The molecule has 22 heavy (non-hydrogen) atoms. The van der Waals surface area contributed by atoms with Gasteiger partial charge in [-0.1, -0.05) is 54.6 Å². The number of nitrogens with one attached hydrogen (secondary N) is 1. The van der Waals surface area contributed by atoms with Crippen molar-refractivity contribution in [3.05, 3.63) is 60.2 Å². The monoisotopic (exact) mass is 295 g/mol. The number of rotatable bonds is 4. The Kier molecular flexibility index (Phi) is 3.99. The second-order valence-corrected chi connectivity index (χ2v) is 6.36. The summed E-state index contributed by atoms with van der Waals surface area (Å²) < 4.78 is 0. The van der Waals surface area contributed by atoms with Gasteiger partial charge in [0, 0.05) is 6.04 Å². The molecule has 2 N–H and O–H groups in total. The Bertz CT molecular complexity index is 651. The summed E-state index contributed by atoms with van der Waals surface area (Å²) in [7, 11) is 0. The molecule has 1 amide bonds. The Morgan fingerprint density at radius 2 is 1.73 bits per heavy atom. The van der Waals surface area contributed by atoms with Crippen LogP contribution >= 0.6 is 0 Å². The van der Waals surface area contributed by atoms with Crippen molar-refractivity contribution in [3.8, 4) is 11.1 Å². The number of hydrogen-bond acceptors (Lipinski definition) is 2. The van der Waals surface area contributed by atoms with Crippen molar-refractivity contribution in [2.75, 3.05) is 6.61 Å². The second-order valence-electron chi connectivity index (χ2n) is 6.36.